The average Bonchev–Trinajstić information content (AvgIpc) is 2.49. The van der Waals surface area contributed by atoms with E-state index in [-0.39, 0.29) is 5.91 Å². The van der Waals surface area contributed by atoms with Crippen LogP contribution in [-0.4, -0.2) is 13.0 Å². The third kappa shape index (κ3) is 4.46. The second kappa shape index (κ2) is 7.09. The molecule has 0 fully saturated rings. The zero-order chi connectivity index (χ0) is 15.2. The fourth-order valence-electron chi connectivity index (χ4n) is 1.82. The van der Waals surface area contributed by atoms with Crippen LogP contribution in [0.25, 0.3) is 6.08 Å². The van der Waals surface area contributed by atoms with Crippen molar-refractivity contribution in [3.8, 4) is 5.75 Å². The molecule has 0 aliphatic rings. The van der Waals surface area contributed by atoms with Crippen molar-refractivity contribution in [2.75, 3.05) is 12.4 Å². The van der Waals surface area contributed by atoms with E-state index in [4.69, 9.17) is 4.74 Å². The van der Waals surface area contributed by atoms with Gasteiger partial charge < -0.3 is 10.1 Å². The van der Waals surface area contributed by atoms with Crippen molar-refractivity contribution in [1.29, 1.82) is 0 Å². The SMILES string of the molecule is COc1cccc(C=CC(=O)Nc2ccc(Br)c(C)c2)c1. The molecule has 2 rings (SSSR count). The maximum atomic E-state index is 11.9. The number of benzene rings is 2. The molecule has 1 amide bonds. The molecule has 2 aromatic carbocycles. The van der Waals surface area contributed by atoms with Crippen LogP contribution in [0.3, 0.4) is 0 Å². The van der Waals surface area contributed by atoms with E-state index in [1.807, 2.05) is 49.4 Å². The fraction of sp³-hybridized carbons (Fsp3) is 0.118. The Hall–Kier alpha value is -2.07. The van der Waals surface area contributed by atoms with Crippen molar-refractivity contribution >= 4 is 33.6 Å². The third-order valence-corrected chi connectivity index (χ3v) is 3.84. The molecule has 0 aromatic heterocycles. The molecule has 0 atom stereocenters. The van der Waals surface area contributed by atoms with Crippen LogP contribution in [0.15, 0.2) is 53.0 Å². The number of aryl methyl sites for hydroxylation is 1. The number of ether oxygens (including phenoxy) is 1. The van der Waals surface area contributed by atoms with Crippen molar-refractivity contribution in [3.05, 3.63) is 64.1 Å². The van der Waals surface area contributed by atoms with E-state index in [1.165, 1.54) is 6.08 Å². The summed E-state index contributed by atoms with van der Waals surface area (Å²) in [4.78, 5) is 11.9. The van der Waals surface area contributed by atoms with Gasteiger partial charge in [0.2, 0.25) is 5.91 Å². The number of amides is 1. The van der Waals surface area contributed by atoms with Crippen molar-refractivity contribution < 1.29 is 9.53 Å². The highest BCUT2D eigenvalue weighted by atomic mass is 79.9. The van der Waals surface area contributed by atoms with E-state index < -0.39 is 0 Å². The van der Waals surface area contributed by atoms with Crippen LogP contribution >= 0.6 is 15.9 Å². The van der Waals surface area contributed by atoms with Crippen LogP contribution in [0.1, 0.15) is 11.1 Å². The lowest BCUT2D eigenvalue weighted by Crippen LogP contribution is -2.07. The van der Waals surface area contributed by atoms with Crippen molar-refractivity contribution in [2.24, 2.45) is 0 Å². The quantitative estimate of drug-likeness (QED) is 0.833. The number of carbonyl (C=O) groups is 1. The zero-order valence-corrected chi connectivity index (χ0v) is 13.5. The molecule has 0 heterocycles. The maximum absolute atomic E-state index is 11.9. The Kier molecular flexibility index (Phi) is 5.17. The summed E-state index contributed by atoms with van der Waals surface area (Å²) in [5.74, 6) is 0.598. The van der Waals surface area contributed by atoms with E-state index in [0.29, 0.717) is 0 Å². The fourth-order valence-corrected chi connectivity index (χ4v) is 2.07. The highest BCUT2D eigenvalue weighted by Crippen LogP contribution is 2.20. The van der Waals surface area contributed by atoms with E-state index in [9.17, 15) is 4.79 Å². The minimum absolute atomic E-state index is 0.167. The normalized spacial score (nSPS) is 10.6. The first kappa shape index (κ1) is 15.3. The predicted molar refractivity (Wildman–Crippen MR) is 89.5 cm³/mol. The molecule has 0 saturated heterocycles. The summed E-state index contributed by atoms with van der Waals surface area (Å²) in [7, 11) is 1.62. The standard InChI is InChI=1S/C17H16BrNO2/c1-12-10-14(7-8-16(12)18)19-17(20)9-6-13-4-3-5-15(11-13)21-2/h3-11H,1-2H3,(H,19,20). The van der Waals surface area contributed by atoms with Crippen LogP contribution in [0.4, 0.5) is 5.69 Å². The number of hydrogen-bond acceptors (Lipinski definition) is 2. The summed E-state index contributed by atoms with van der Waals surface area (Å²) in [6, 6.07) is 13.2. The molecule has 0 spiro atoms. The van der Waals surface area contributed by atoms with Gasteiger partial charge in [0, 0.05) is 16.2 Å². The second-order valence-electron chi connectivity index (χ2n) is 4.56. The Morgan fingerprint density at radius 2 is 2.05 bits per heavy atom. The van der Waals surface area contributed by atoms with Crippen LogP contribution in [0.2, 0.25) is 0 Å². The van der Waals surface area contributed by atoms with Crippen molar-refractivity contribution in [1.82, 2.24) is 0 Å². The summed E-state index contributed by atoms with van der Waals surface area (Å²) < 4.78 is 6.16. The summed E-state index contributed by atoms with van der Waals surface area (Å²) in [6.07, 6.45) is 3.26. The van der Waals surface area contributed by atoms with Gasteiger partial charge in [-0.05, 0) is 54.5 Å². The maximum Gasteiger partial charge on any atom is 0.248 e. The van der Waals surface area contributed by atoms with E-state index in [0.717, 1.165) is 27.0 Å². The number of rotatable bonds is 4. The molecule has 4 heteroatoms. The highest BCUT2D eigenvalue weighted by Gasteiger charge is 2.00. The highest BCUT2D eigenvalue weighted by molar-refractivity contribution is 9.10. The molecule has 3 nitrogen and oxygen atoms in total. The second-order valence-corrected chi connectivity index (χ2v) is 5.42. The first-order valence-electron chi connectivity index (χ1n) is 6.48. The van der Waals surface area contributed by atoms with Crippen molar-refractivity contribution in [3.63, 3.8) is 0 Å². The Morgan fingerprint density at radius 3 is 2.76 bits per heavy atom. The number of halogens is 1. The number of nitrogens with one attached hydrogen (secondary N) is 1. The third-order valence-electron chi connectivity index (χ3n) is 2.95. The smallest absolute Gasteiger partial charge is 0.248 e. The van der Waals surface area contributed by atoms with Crippen LogP contribution in [0.5, 0.6) is 5.75 Å². The molecular formula is C17H16BrNO2. The Morgan fingerprint density at radius 1 is 1.24 bits per heavy atom. The molecule has 0 unspecified atom stereocenters. The molecule has 0 aliphatic heterocycles. The van der Waals surface area contributed by atoms with Gasteiger partial charge in [-0.1, -0.05) is 28.1 Å². The molecule has 108 valence electrons. The number of anilines is 1. The Balaban J connectivity index is 2.03. The number of carbonyl (C=O) groups excluding carboxylic acids is 1. The molecule has 21 heavy (non-hydrogen) atoms. The summed E-state index contributed by atoms with van der Waals surface area (Å²) in [6.45, 7) is 1.98. The van der Waals surface area contributed by atoms with Crippen molar-refractivity contribution in [2.45, 2.75) is 6.92 Å². The van der Waals surface area contributed by atoms with Gasteiger partial charge in [-0.25, -0.2) is 0 Å². The Bertz CT molecular complexity index is 680. The Labute approximate surface area is 132 Å². The lowest BCUT2D eigenvalue weighted by Gasteiger charge is -2.05. The monoisotopic (exact) mass is 345 g/mol. The lowest BCUT2D eigenvalue weighted by atomic mass is 10.2. The average molecular weight is 346 g/mol. The van der Waals surface area contributed by atoms with Gasteiger partial charge in [-0.3, -0.25) is 4.79 Å². The van der Waals surface area contributed by atoms with Gasteiger partial charge >= 0.3 is 0 Å². The zero-order valence-electron chi connectivity index (χ0n) is 11.9. The molecule has 0 saturated carbocycles. The number of hydrogen-bond donors (Lipinski definition) is 1. The summed E-state index contributed by atoms with van der Waals surface area (Å²) >= 11 is 3.43. The van der Waals surface area contributed by atoms with Gasteiger partial charge in [0.05, 0.1) is 7.11 Å². The molecule has 0 aliphatic carbocycles. The summed E-state index contributed by atoms with van der Waals surface area (Å²) in [5, 5.41) is 2.83. The lowest BCUT2D eigenvalue weighted by molar-refractivity contribution is -0.111. The number of methoxy groups -OCH3 is 1. The molecule has 2 aromatic rings. The van der Waals surface area contributed by atoms with Gasteiger partial charge in [-0.15, -0.1) is 0 Å². The van der Waals surface area contributed by atoms with E-state index in [2.05, 4.69) is 21.2 Å². The molecular weight excluding hydrogens is 330 g/mol. The first-order valence-corrected chi connectivity index (χ1v) is 7.27. The summed E-state index contributed by atoms with van der Waals surface area (Å²) in [5.41, 5.74) is 2.76. The van der Waals surface area contributed by atoms with Gasteiger partial charge in [0.25, 0.3) is 0 Å². The van der Waals surface area contributed by atoms with Crippen LogP contribution < -0.4 is 10.1 Å². The van der Waals surface area contributed by atoms with E-state index in [1.54, 1.807) is 13.2 Å². The largest absolute Gasteiger partial charge is 0.497 e. The minimum atomic E-state index is -0.167. The molecule has 0 bridgehead atoms. The molecule has 0 radical (unpaired) electrons. The first-order chi connectivity index (χ1) is 10.1. The minimum Gasteiger partial charge on any atom is -0.497 e. The topological polar surface area (TPSA) is 38.3 Å². The van der Waals surface area contributed by atoms with Gasteiger partial charge in [0.15, 0.2) is 0 Å². The van der Waals surface area contributed by atoms with Crippen LogP contribution in [-0.2, 0) is 4.79 Å². The predicted octanol–water partition coefficient (Wildman–Crippen LogP) is 4.42. The van der Waals surface area contributed by atoms with Gasteiger partial charge in [-0.2, -0.15) is 0 Å². The molecule has 1 N–H and O–H groups in total. The van der Waals surface area contributed by atoms with Gasteiger partial charge in [0.1, 0.15) is 5.75 Å². The van der Waals surface area contributed by atoms with Crippen LogP contribution in [0, 0.1) is 6.92 Å². The van der Waals surface area contributed by atoms with E-state index >= 15 is 0 Å².